The molecule has 15 heavy (non-hydrogen) atoms. The average Bonchev–Trinajstić information content (AvgIpc) is 2.55. The second-order valence-corrected chi connectivity index (χ2v) is 5.69. The van der Waals surface area contributed by atoms with Crippen molar-refractivity contribution in [2.75, 3.05) is 0 Å². The van der Waals surface area contributed by atoms with E-state index >= 15 is 0 Å². The molecule has 0 spiro atoms. The Bertz CT molecular complexity index is 483. The van der Waals surface area contributed by atoms with E-state index in [4.69, 9.17) is 9.79 Å². The van der Waals surface area contributed by atoms with Gasteiger partial charge in [-0.25, -0.2) is 4.39 Å². The van der Waals surface area contributed by atoms with E-state index in [2.05, 4.69) is 0 Å². The Hall–Kier alpha value is -0.540. The van der Waals surface area contributed by atoms with Crippen LogP contribution >= 0.6 is 19.7 Å². The second-order valence-electron chi connectivity index (χ2n) is 3.31. The van der Waals surface area contributed by atoms with Crippen LogP contribution in [0, 0.1) is 6.92 Å². The molecule has 1 aromatic heterocycles. The third-order valence-corrected chi connectivity index (χ3v) is 3.88. The molecule has 1 heterocycles. The molecule has 1 unspecified atom stereocenters. The number of aryl methyl sites for hydroxylation is 1. The predicted molar refractivity (Wildman–Crippen MR) is 61.8 cm³/mol. The monoisotopic (exact) mass is 244 g/mol. The van der Waals surface area contributed by atoms with Gasteiger partial charge in [-0.15, -0.1) is 11.3 Å². The van der Waals surface area contributed by atoms with Crippen molar-refractivity contribution in [3.63, 3.8) is 0 Å². The first-order valence-corrected chi connectivity index (χ1v) is 6.52. The van der Waals surface area contributed by atoms with Gasteiger partial charge in [-0.1, -0.05) is 6.07 Å². The van der Waals surface area contributed by atoms with Crippen molar-refractivity contribution < 1.29 is 14.2 Å². The first kappa shape index (κ1) is 11.0. The van der Waals surface area contributed by atoms with Gasteiger partial charge in [-0.3, -0.25) is 0 Å². The van der Waals surface area contributed by atoms with E-state index in [1.807, 2.05) is 19.1 Å². The quantitative estimate of drug-likeness (QED) is 0.794. The summed E-state index contributed by atoms with van der Waals surface area (Å²) in [5, 5.41) is 0.953. The van der Waals surface area contributed by atoms with E-state index in [0.717, 1.165) is 15.0 Å². The Balaban J connectivity index is 2.46. The molecular formula is C10H10FO2PS. The zero-order valence-electron chi connectivity index (χ0n) is 8.01. The number of thiophene rings is 1. The number of halogens is 1. The van der Waals surface area contributed by atoms with Gasteiger partial charge in [0, 0.05) is 9.58 Å². The summed E-state index contributed by atoms with van der Waals surface area (Å²) in [5.41, 5.74) is 0.330. The molecule has 5 heteroatoms. The van der Waals surface area contributed by atoms with Crippen LogP contribution in [0.3, 0.4) is 0 Å². The molecule has 2 rings (SSSR count). The lowest BCUT2D eigenvalue weighted by Crippen LogP contribution is -1.88. The zero-order valence-corrected chi connectivity index (χ0v) is 9.73. The van der Waals surface area contributed by atoms with Crippen LogP contribution in [0.15, 0.2) is 24.3 Å². The largest absolute Gasteiger partial charge is 0.348 e. The smallest absolute Gasteiger partial charge is 0.206 e. The molecular weight excluding hydrogens is 234 g/mol. The number of rotatable bonds is 2. The normalized spacial score (nSPS) is 13.7. The van der Waals surface area contributed by atoms with Crippen LogP contribution < -0.4 is 0 Å². The van der Waals surface area contributed by atoms with Crippen LogP contribution in [-0.2, 0) is 0 Å². The zero-order chi connectivity index (χ0) is 11.0. The Morgan fingerprint density at radius 2 is 2.07 bits per heavy atom. The summed E-state index contributed by atoms with van der Waals surface area (Å²) in [6.45, 7) is 1.99. The van der Waals surface area contributed by atoms with Gasteiger partial charge >= 0.3 is 0 Å². The van der Waals surface area contributed by atoms with Gasteiger partial charge in [-0.2, -0.15) is 0 Å². The van der Waals surface area contributed by atoms with Gasteiger partial charge < -0.3 is 9.79 Å². The lowest BCUT2D eigenvalue weighted by atomic mass is 10.2. The van der Waals surface area contributed by atoms with Crippen LogP contribution in [0.25, 0.3) is 10.1 Å². The maximum atomic E-state index is 13.3. The van der Waals surface area contributed by atoms with E-state index in [1.54, 1.807) is 23.5 Å². The average molecular weight is 244 g/mol. The summed E-state index contributed by atoms with van der Waals surface area (Å²) in [4.78, 5) is 18.8. The fourth-order valence-corrected chi connectivity index (χ4v) is 2.81. The molecule has 0 saturated carbocycles. The SMILES string of the molecule is Cc1cc2cc(C(F)P(O)O)ccc2s1. The van der Waals surface area contributed by atoms with Crippen LogP contribution in [0.4, 0.5) is 4.39 Å². The number of alkyl halides is 1. The highest BCUT2D eigenvalue weighted by Gasteiger charge is 2.19. The minimum atomic E-state index is -2.55. The number of hydrogen-bond acceptors (Lipinski definition) is 3. The summed E-state index contributed by atoms with van der Waals surface area (Å²) >= 11 is 1.64. The Morgan fingerprint density at radius 1 is 1.33 bits per heavy atom. The topological polar surface area (TPSA) is 40.5 Å². The first-order chi connectivity index (χ1) is 7.08. The van der Waals surface area contributed by atoms with Crippen LogP contribution in [0.1, 0.15) is 16.4 Å². The predicted octanol–water partition coefficient (Wildman–Crippen LogP) is 3.47. The fourth-order valence-electron chi connectivity index (χ4n) is 1.48. The lowest BCUT2D eigenvalue weighted by molar-refractivity contribution is 0.373. The van der Waals surface area contributed by atoms with Gasteiger partial charge in [0.25, 0.3) is 0 Å². The molecule has 0 saturated heterocycles. The highest BCUT2D eigenvalue weighted by Crippen LogP contribution is 2.45. The summed E-state index contributed by atoms with van der Waals surface area (Å²) in [5.74, 6) is -1.68. The van der Waals surface area contributed by atoms with Crippen molar-refractivity contribution in [2.45, 2.75) is 12.8 Å². The summed E-state index contributed by atoms with van der Waals surface area (Å²) in [6, 6.07) is 7.05. The molecule has 0 fully saturated rings. The maximum Gasteiger partial charge on any atom is 0.206 e. The van der Waals surface area contributed by atoms with Crippen molar-refractivity contribution >= 4 is 29.8 Å². The lowest BCUT2D eigenvalue weighted by Gasteiger charge is -2.08. The molecule has 0 aliphatic carbocycles. The molecule has 0 amide bonds. The minimum Gasteiger partial charge on any atom is -0.348 e. The van der Waals surface area contributed by atoms with E-state index < -0.39 is 14.3 Å². The third kappa shape index (κ3) is 2.18. The number of fused-ring (bicyclic) bond motifs is 1. The van der Waals surface area contributed by atoms with Crippen molar-refractivity contribution in [3.05, 3.63) is 34.7 Å². The standard InChI is InChI=1S/C10H10FO2PS/c1-6-4-8-5-7(10(11)14(12)13)2-3-9(8)15-6/h2-5,10,12-13H,1H3. The molecule has 80 valence electrons. The maximum absolute atomic E-state index is 13.3. The first-order valence-electron chi connectivity index (χ1n) is 4.39. The van der Waals surface area contributed by atoms with Crippen molar-refractivity contribution in [2.24, 2.45) is 0 Å². The van der Waals surface area contributed by atoms with Gasteiger partial charge in [0.15, 0.2) is 5.91 Å². The highest BCUT2D eigenvalue weighted by atomic mass is 32.1. The van der Waals surface area contributed by atoms with Crippen molar-refractivity contribution in [1.29, 1.82) is 0 Å². The second kappa shape index (κ2) is 4.14. The minimum absolute atomic E-state index is 0.330. The van der Waals surface area contributed by atoms with Gasteiger partial charge in [-0.05, 0) is 36.1 Å². The van der Waals surface area contributed by atoms with Gasteiger partial charge in [0.05, 0.1) is 0 Å². The molecule has 2 aromatic rings. The summed E-state index contributed by atoms with van der Waals surface area (Å²) < 4.78 is 14.4. The molecule has 0 radical (unpaired) electrons. The third-order valence-electron chi connectivity index (χ3n) is 2.14. The fraction of sp³-hybridized carbons (Fsp3) is 0.200. The van der Waals surface area contributed by atoms with Crippen molar-refractivity contribution in [1.82, 2.24) is 0 Å². The Morgan fingerprint density at radius 3 is 2.73 bits per heavy atom. The molecule has 1 atom stereocenters. The van der Waals surface area contributed by atoms with E-state index in [0.29, 0.717) is 5.56 Å². The highest BCUT2D eigenvalue weighted by molar-refractivity contribution is 7.45. The number of hydrogen-bond donors (Lipinski definition) is 2. The van der Waals surface area contributed by atoms with Crippen LogP contribution in [-0.4, -0.2) is 9.79 Å². The van der Waals surface area contributed by atoms with Crippen LogP contribution in [0.5, 0.6) is 0 Å². The Kier molecular flexibility index (Phi) is 3.03. The van der Waals surface area contributed by atoms with Gasteiger partial charge in [0.1, 0.15) is 0 Å². The Labute approximate surface area is 91.9 Å². The van der Waals surface area contributed by atoms with E-state index in [9.17, 15) is 4.39 Å². The molecule has 2 N–H and O–H groups in total. The molecule has 0 bridgehead atoms. The van der Waals surface area contributed by atoms with Crippen molar-refractivity contribution in [3.8, 4) is 0 Å². The molecule has 2 nitrogen and oxygen atoms in total. The number of benzene rings is 1. The van der Waals surface area contributed by atoms with E-state index in [-0.39, 0.29) is 0 Å². The van der Waals surface area contributed by atoms with E-state index in [1.165, 1.54) is 0 Å². The summed E-state index contributed by atoms with van der Waals surface area (Å²) in [7, 11) is -2.55. The van der Waals surface area contributed by atoms with Crippen LogP contribution in [0.2, 0.25) is 0 Å². The van der Waals surface area contributed by atoms with Gasteiger partial charge in [0.2, 0.25) is 8.38 Å². The molecule has 0 aliphatic heterocycles. The molecule has 1 aromatic carbocycles. The molecule has 0 aliphatic rings. The summed E-state index contributed by atoms with van der Waals surface area (Å²) in [6.07, 6.45) is 0.